The molecule has 6 heteroatoms. The Morgan fingerprint density at radius 3 is 2.81 bits per heavy atom. The molecule has 2 N–H and O–H groups in total. The third-order valence-electron chi connectivity index (χ3n) is 2.07. The van der Waals surface area contributed by atoms with Crippen LogP contribution in [0, 0.1) is 0 Å². The number of thiophene rings is 1. The highest BCUT2D eigenvalue weighted by Gasteiger charge is 2.21. The Morgan fingerprint density at radius 1 is 1.62 bits per heavy atom. The van der Waals surface area contributed by atoms with Gasteiger partial charge in [-0.2, -0.15) is 0 Å². The summed E-state index contributed by atoms with van der Waals surface area (Å²) in [5, 5.41) is 13.0. The van der Waals surface area contributed by atoms with Gasteiger partial charge in [-0.25, -0.2) is 4.79 Å². The fourth-order valence-electron chi connectivity index (χ4n) is 1.19. The highest BCUT2D eigenvalue weighted by atomic mass is 32.1. The number of methoxy groups -OCH3 is 1. The van der Waals surface area contributed by atoms with E-state index in [0.717, 1.165) is 0 Å². The van der Waals surface area contributed by atoms with Gasteiger partial charge < -0.3 is 15.2 Å². The van der Waals surface area contributed by atoms with Crippen LogP contribution in [0.3, 0.4) is 0 Å². The molecule has 0 saturated heterocycles. The van der Waals surface area contributed by atoms with Crippen molar-refractivity contribution in [3.63, 3.8) is 0 Å². The summed E-state index contributed by atoms with van der Waals surface area (Å²) < 4.78 is 4.98. The van der Waals surface area contributed by atoms with Crippen molar-refractivity contribution in [3.8, 4) is 5.75 Å². The van der Waals surface area contributed by atoms with Crippen molar-refractivity contribution in [1.29, 1.82) is 0 Å². The molecule has 0 bridgehead atoms. The van der Waals surface area contributed by atoms with Crippen molar-refractivity contribution in [2.75, 3.05) is 7.11 Å². The first-order valence-electron chi connectivity index (χ1n) is 4.75. The average molecular weight is 243 g/mol. The highest BCUT2D eigenvalue weighted by molar-refractivity contribution is 7.12. The topological polar surface area (TPSA) is 75.6 Å². The van der Waals surface area contributed by atoms with Crippen molar-refractivity contribution in [2.24, 2.45) is 0 Å². The number of nitrogens with one attached hydrogen (secondary N) is 1. The summed E-state index contributed by atoms with van der Waals surface area (Å²) in [5.74, 6) is -0.991. The molecule has 1 aromatic heterocycles. The van der Waals surface area contributed by atoms with Gasteiger partial charge in [0.05, 0.1) is 7.11 Å². The van der Waals surface area contributed by atoms with Gasteiger partial charge in [-0.1, -0.05) is 6.92 Å². The molecule has 1 atom stereocenters. The first-order valence-corrected chi connectivity index (χ1v) is 5.63. The summed E-state index contributed by atoms with van der Waals surface area (Å²) in [7, 11) is 1.47. The summed E-state index contributed by atoms with van der Waals surface area (Å²) in [5.41, 5.74) is 0. The smallest absolute Gasteiger partial charge is 0.326 e. The zero-order chi connectivity index (χ0) is 12.1. The predicted molar refractivity (Wildman–Crippen MR) is 60.1 cm³/mol. The third kappa shape index (κ3) is 2.73. The second kappa shape index (κ2) is 5.50. The minimum absolute atomic E-state index is 0.342. The maximum absolute atomic E-state index is 11.7. The van der Waals surface area contributed by atoms with Gasteiger partial charge in [-0.05, 0) is 17.9 Å². The van der Waals surface area contributed by atoms with Crippen LogP contribution in [0.2, 0.25) is 0 Å². The van der Waals surface area contributed by atoms with Gasteiger partial charge in [0.2, 0.25) is 0 Å². The van der Waals surface area contributed by atoms with E-state index in [4.69, 9.17) is 9.84 Å². The number of hydrogen-bond donors (Lipinski definition) is 2. The van der Waals surface area contributed by atoms with Crippen LogP contribution in [0.1, 0.15) is 23.0 Å². The Bertz CT molecular complexity index is 388. The van der Waals surface area contributed by atoms with Crippen LogP contribution in [-0.4, -0.2) is 30.1 Å². The molecule has 0 saturated carbocycles. The summed E-state index contributed by atoms with van der Waals surface area (Å²) >= 11 is 1.22. The number of ether oxygens (including phenoxy) is 1. The van der Waals surface area contributed by atoms with E-state index in [-0.39, 0.29) is 0 Å². The standard InChI is InChI=1S/C10H13NO4S/c1-3-6(10(13)14)11-9(12)8-7(15-2)4-5-16-8/h4-6H,3H2,1-2H3,(H,11,12)(H,13,14)/t6-/m1/s1. The number of amides is 1. The largest absolute Gasteiger partial charge is 0.495 e. The maximum atomic E-state index is 11.7. The molecular formula is C10H13NO4S. The second-order valence-electron chi connectivity index (χ2n) is 3.09. The lowest BCUT2D eigenvalue weighted by Crippen LogP contribution is -2.40. The second-order valence-corrected chi connectivity index (χ2v) is 4.01. The molecule has 1 aromatic rings. The number of rotatable bonds is 5. The number of carbonyl (C=O) groups excluding carboxylic acids is 1. The van der Waals surface area contributed by atoms with Gasteiger partial charge in [-0.3, -0.25) is 4.79 Å². The van der Waals surface area contributed by atoms with E-state index in [1.54, 1.807) is 18.4 Å². The van der Waals surface area contributed by atoms with Crippen LogP contribution >= 0.6 is 11.3 Å². The molecule has 0 aliphatic carbocycles. The van der Waals surface area contributed by atoms with E-state index in [1.165, 1.54) is 18.4 Å². The van der Waals surface area contributed by atoms with Crippen molar-refractivity contribution < 1.29 is 19.4 Å². The Kier molecular flexibility index (Phi) is 4.30. The van der Waals surface area contributed by atoms with Gasteiger partial charge in [0.1, 0.15) is 16.7 Å². The maximum Gasteiger partial charge on any atom is 0.326 e. The van der Waals surface area contributed by atoms with Gasteiger partial charge in [0.25, 0.3) is 5.91 Å². The van der Waals surface area contributed by atoms with Crippen LogP contribution in [0.25, 0.3) is 0 Å². The minimum atomic E-state index is -1.04. The normalized spacial score (nSPS) is 11.9. The molecule has 0 spiro atoms. The lowest BCUT2D eigenvalue weighted by Gasteiger charge is -2.11. The number of carboxylic acid groups (broad SMARTS) is 1. The third-order valence-corrected chi connectivity index (χ3v) is 2.96. The number of hydrogen-bond acceptors (Lipinski definition) is 4. The summed E-state index contributed by atoms with van der Waals surface area (Å²) in [6.07, 6.45) is 0.342. The van der Waals surface area contributed by atoms with E-state index in [1.807, 2.05) is 0 Å². The van der Waals surface area contributed by atoms with Gasteiger partial charge in [0.15, 0.2) is 0 Å². The molecule has 0 aromatic carbocycles. The number of aliphatic carboxylic acids is 1. The summed E-state index contributed by atoms with van der Waals surface area (Å²) in [6, 6.07) is 0.806. The predicted octanol–water partition coefficient (Wildman–Crippen LogP) is 1.35. The van der Waals surface area contributed by atoms with Crippen molar-refractivity contribution in [2.45, 2.75) is 19.4 Å². The molecular weight excluding hydrogens is 230 g/mol. The van der Waals surface area contributed by atoms with Crippen molar-refractivity contribution in [1.82, 2.24) is 5.32 Å². The van der Waals surface area contributed by atoms with Crippen LogP contribution < -0.4 is 10.1 Å². The van der Waals surface area contributed by atoms with Crippen LogP contribution in [0.5, 0.6) is 5.75 Å². The fraction of sp³-hybridized carbons (Fsp3) is 0.400. The van der Waals surface area contributed by atoms with E-state index >= 15 is 0 Å². The molecule has 0 radical (unpaired) electrons. The Labute approximate surface area is 97.0 Å². The van der Waals surface area contributed by atoms with Gasteiger partial charge >= 0.3 is 5.97 Å². The van der Waals surface area contributed by atoms with Crippen LogP contribution in [0.4, 0.5) is 0 Å². The van der Waals surface area contributed by atoms with E-state index < -0.39 is 17.9 Å². The van der Waals surface area contributed by atoms with E-state index in [0.29, 0.717) is 17.0 Å². The average Bonchev–Trinajstić information content (AvgIpc) is 2.72. The van der Waals surface area contributed by atoms with Crippen molar-refractivity contribution in [3.05, 3.63) is 16.3 Å². The minimum Gasteiger partial charge on any atom is -0.495 e. The van der Waals surface area contributed by atoms with E-state index in [9.17, 15) is 9.59 Å². The molecule has 0 aliphatic heterocycles. The van der Waals surface area contributed by atoms with Gasteiger partial charge in [0, 0.05) is 0 Å². The first kappa shape index (κ1) is 12.5. The molecule has 1 heterocycles. The summed E-state index contributed by atoms with van der Waals surface area (Å²) in [4.78, 5) is 22.9. The molecule has 0 fully saturated rings. The van der Waals surface area contributed by atoms with E-state index in [2.05, 4.69) is 5.32 Å². The lowest BCUT2D eigenvalue weighted by atomic mass is 10.2. The monoisotopic (exact) mass is 243 g/mol. The number of carboxylic acids is 1. The molecule has 88 valence electrons. The lowest BCUT2D eigenvalue weighted by molar-refractivity contribution is -0.139. The zero-order valence-corrected chi connectivity index (χ0v) is 9.84. The van der Waals surface area contributed by atoms with Gasteiger partial charge in [-0.15, -0.1) is 11.3 Å². The fourth-order valence-corrected chi connectivity index (χ4v) is 1.95. The van der Waals surface area contributed by atoms with Crippen molar-refractivity contribution >= 4 is 23.2 Å². The quantitative estimate of drug-likeness (QED) is 0.818. The Balaban J connectivity index is 2.75. The summed E-state index contributed by atoms with van der Waals surface area (Å²) in [6.45, 7) is 1.70. The number of carbonyl (C=O) groups is 2. The molecule has 1 amide bonds. The molecule has 5 nitrogen and oxygen atoms in total. The van der Waals surface area contributed by atoms with Crippen LogP contribution in [0.15, 0.2) is 11.4 Å². The molecule has 0 unspecified atom stereocenters. The Morgan fingerprint density at radius 2 is 2.31 bits per heavy atom. The molecule has 16 heavy (non-hydrogen) atoms. The van der Waals surface area contributed by atoms with Crippen LogP contribution in [-0.2, 0) is 4.79 Å². The molecule has 0 aliphatic rings. The Hall–Kier alpha value is -1.56. The highest BCUT2D eigenvalue weighted by Crippen LogP contribution is 2.24. The molecule has 1 rings (SSSR count). The SMILES string of the molecule is CC[C@@H](NC(=O)c1sccc1OC)C(=O)O. The zero-order valence-electron chi connectivity index (χ0n) is 9.02. The first-order chi connectivity index (χ1) is 7.60.